The predicted molar refractivity (Wildman–Crippen MR) is 60.2 cm³/mol. The van der Waals surface area contributed by atoms with Crippen molar-refractivity contribution in [2.75, 3.05) is 0 Å². The molecule has 0 fully saturated rings. The monoisotopic (exact) mass is 241 g/mol. The third kappa shape index (κ3) is 1.88. The number of aromatic hydroxyl groups is 1. The van der Waals surface area contributed by atoms with E-state index in [0.717, 1.165) is 0 Å². The molecule has 3 heterocycles. The van der Waals surface area contributed by atoms with Gasteiger partial charge >= 0.3 is 0 Å². The highest BCUT2D eigenvalue weighted by Crippen LogP contribution is 2.22. The van der Waals surface area contributed by atoms with Crippen LogP contribution in [0.15, 0.2) is 41.6 Å². The molecule has 0 aromatic carbocycles. The van der Waals surface area contributed by atoms with Crippen LogP contribution in [0.4, 0.5) is 0 Å². The summed E-state index contributed by atoms with van der Waals surface area (Å²) in [7, 11) is 0. The maximum absolute atomic E-state index is 9.33. The molecule has 1 N–H and O–H groups in total. The maximum atomic E-state index is 9.33. The lowest BCUT2D eigenvalue weighted by Crippen LogP contribution is -1.86. The summed E-state index contributed by atoms with van der Waals surface area (Å²) in [6.45, 7) is 0. The van der Waals surface area contributed by atoms with Gasteiger partial charge in [-0.1, -0.05) is 5.16 Å². The summed E-state index contributed by atoms with van der Waals surface area (Å²) < 4.78 is 5.09. The van der Waals surface area contributed by atoms with Crippen LogP contribution in [-0.2, 0) is 0 Å². The molecule has 0 radical (unpaired) electrons. The number of pyridine rings is 1. The molecule has 0 saturated heterocycles. The molecular weight excluding hydrogens is 234 g/mol. The molecule has 7 nitrogen and oxygen atoms in total. The summed E-state index contributed by atoms with van der Waals surface area (Å²) in [5.41, 5.74) is 1.11. The quantitative estimate of drug-likeness (QED) is 0.721. The van der Waals surface area contributed by atoms with Crippen molar-refractivity contribution in [2.45, 2.75) is 0 Å². The van der Waals surface area contributed by atoms with Crippen LogP contribution in [0.3, 0.4) is 0 Å². The van der Waals surface area contributed by atoms with Crippen molar-refractivity contribution >= 4 is 0 Å². The Hall–Kier alpha value is -2.83. The second-order valence-electron chi connectivity index (χ2n) is 3.45. The zero-order chi connectivity index (χ0) is 12.4. The first-order valence-electron chi connectivity index (χ1n) is 5.07. The highest BCUT2D eigenvalue weighted by atomic mass is 16.5. The highest BCUT2D eigenvalue weighted by molar-refractivity contribution is 5.57. The van der Waals surface area contributed by atoms with Gasteiger partial charge in [-0.2, -0.15) is 4.98 Å². The third-order valence-corrected chi connectivity index (χ3v) is 2.21. The van der Waals surface area contributed by atoms with Crippen LogP contribution >= 0.6 is 0 Å². The lowest BCUT2D eigenvalue weighted by Gasteiger charge is -1.93. The Morgan fingerprint density at radius 2 is 2.11 bits per heavy atom. The molecule has 18 heavy (non-hydrogen) atoms. The van der Waals surface area contributed by atoms with E-state index in [9.17, 15) is 5.11 Å². The van der Waals surface area contributed by atoms with Crippen LogP contribution in [0.25, 0.3) is 23.0 Å². The van der Waals surface area contributed by atoms with Gasteiger partial charge in [0.1, 0.15) is 17.8 Å². The zero-order valence-electron chi connectivity index (χ0n) is 9.06. The minimum Gasteiger partial charge on any atom is -0.506 e. The molecule has 0 atom stereocenters. The molecule has 0 unspecified atom stereocenters. The number of hydrogen-bond donors (Lipinski definition) is 1. The van der Waals surface area contributed by atoms with Crippen LogP contribution < -0.4 is 0 Å². The van der Waals surface area contributed by atoms with Crippen molar-refractivity contribution in [1.29, 1.82) is 0 Å². The van der Waals surface area contributed by atoms with E-state index >= 15 is 0 Å². The Balaban J connectivity index is 2.00. The van der Waals surface area contributed by atoms with Gasteiger partial charge in [-0.3, -0.25) is 4.98 Å². The van der Waals surface area contributed by atoms with E-state index in [0.29, 0.717) is 17.1 Å². The summed E-state index contributed by atoms with van der Waals surface area (Å²) in [5.74, 6) is 0.664. The first-order valence-corrected chi connectivity index (χ1v) is 5.07. The van der Waals surface area contributed by atoms with E-state index in [2.05, 4.69) is 25.1 Å². The summed E-state index contributed by atoms with van der Waals surface area (Å²) in [6, 6.07) is 3.17. The average molecular weight is 241 g/mol. The largest absolute Gasteiger partial charge is 0.506 e. The molecule has 3 aromatic heterocycles. The van der Waals surface area contributed by atoms with Gasteiger partial charge in [0.05, 0.1) is 11.8 Å². The molecule has 88 valence electrons. The van der Waals surface area contributed by atoms with Gasteiger partial charge in [-0.25, -0.2) is 9.97 Å². The lowest BCUT2D eigenvalue weighted by atomic mass is 10.3. The Kier molecular flexibility index (Phi) is 2.41. The molecule has 0 spiro atoms. The van der Waals surface area contributed by atoms with Crippen molar-refractivity contribution in [2.24, 2.45) is 0 Å². The van der Waals surface area contributed by atoms with Crippen molar-refractivity contribution in [3.05, 3.63) is 37.1 Å². The number of aromatic nitrogens is 5. The summed E-state index contributed by atoms with van der Waals surface area (Å²) >= 11 is 0. The predicted octanol–water partition coefficient (Wildman–Crippen LogP) is 1.29. The van der Waals surface area contributed by atoms with E-state index in [4.69, 9.17) is 4.52 Å². The summed E-state index contributed by atoms with van der Waals surface area (Å²) in [4.78, 5) is 15.8. The topological polar surface area (TPSA) is 97.8 Å². The molecule has 3 rings (SSSR count). The standard InChI is InChI=1S/C11H7N5O2/c17-8-3-7(4-13-5-8)11-15-10(16-18-11)9-1-2-12-6-14-9/h1-6,17H. The number of hydrogen-bond acceptors (Lipinski definition) is 7. The Labute approximate surface area is 101 Å². The van der Waals surface area contributed by atoms with E-state index in [-0.39, 0.29) is 11.6 Å². The molecule has 0 saturated carbocycles. The van der Waals surface area contributed by atoms with Gasteiger partial charge in [0.25, 0.3) is 5.89 Å². The molecule has 0 bridgehead atoms. The second-order valence-corrected chi connectivity index (χ2v) is 3.45. The SMILES string of the molecule is Oc1cncc(-c2nc(-c3ccncn3)no2)c1. The molecule has 0 aliphatic rings. The van der Waals surface area contributed by atoms with Crippen LogP contribution in [-0.4, -0.2) is 30.2 Å². The average Bonchev–Trinajstić information content (AvgIpc) is 2.89. The van der Waals surface area contributed by atoms with E-state index in [1.54, 1.807) is 12.3 Å². The minimum absolute atomic E-state index is 0.0364. The van der Waals surface area contributed by atoms with Crippen molar-refractivity contribution in [3.8, 4) is 28.7 Å². The summed E-state index contributed by atoms with van der Waals surface area (Å²) in [5, 5.41) is 13.1. The van der Waals surface area contributed by atoms with Gasteiger partial charge < -0.3 is 9.63 Å². The third-order valence-electron chi connectivity index (χ3n) is 2.21. The molecular formula is C11H7N5O2. The van der Waals surface area contributed by atoms with Gasteiger partial charge in [0, 0.05) is 12.4 Å². The molecule has 0 aliphatic carbocycles. The fourth-order valence-corrected chi connectivity index (χ4v) is 1.41. The molecule has 0 aliphatic heterocycles. The van der Waals surface area contributed by atoms with Gasteiger partial charge in [0.15, 0.2) is 0 Å². The zero-order valence-corrected chi connectivity index (χ0v) is 9.06. The van der Waals surface area contributed by atoms with E-state index < -0.39 is 0 Å². The normalized spacial score (nSPS) is 10.4. The van der Waals surface area contributed by atoms with Gasteiger partial charge in [-0.05, 0) is 12.1 Å². The van der Waals surface area contributed by atoms with Gasteiger partial charge in [-0.15, -0.1) is 0 Å². The van der Waals surface area contributed by atoms with Crippen molar-refractivity contribution < 1.29 is 9.63 Å². The first kappa shape index (κ1) is 10.3. The number of nitrogens with zero attached hydrogens (tertiary/aromatic N) is 5. The molecule has 0 amide bonds. The highest BCUT2D eigenvalue weighted by Gasteiger charge is 2.11. The first-order chi connectivity index (χ1) is 8.83. The molecule has 3 aromatic rings. The van der Waals surface area contributed by atoms with Crippen LogP contribution in [0, 0.1) is 0 Å². The van der Waals surface area contributed by atoms with E-state index in [1.165, 1.54) is 24.8 Å². The Bertz CT molecular complexity index is 668. The van der Waals surface area contributed by atoms with Crippen LogP contribution in [0.2, 0.25) is 0 Å². The second kappa shape index (κ2) is 4.21. The molecule has 7 heteroatoms. The smallest absolute Gasteiger partial charge is 0.259 e. The Morgan fingerprint density at radius 1 is 1.17 bits per heavy atom. The van der Waals surface area contributed by atoms with Gasteiger partial charge in [0.2, 0.25) is 5.82 Å². The Morgan fingerprint density at radius 3 is 2.89 bits per heavy atom. The fourth-order valence-electron chi connectivity index (χ4n) is 1.41. The minimum atomic E-state index is 0.0364. The van der Waals surface area contributed by atoms with Crippen molar-refractivity contribution in [1.82, 2.24) is 25.1 Å². The van der Waals surface area contributed by atoms with E-state index in [1.807, 2.05) is 0 Å². The lowest BCUT2D eigenvalue weighted by molar-refractivity contribution is 0.431. The summed E-state index contributed by atoms with van der Waals surface area (Å²) in [6.07, 6.45) is 5.84. The van der Waals surface area contributed by atoms with Crippen LogP contribution in [0.5, 0.6) is 5.75 Å². The van der Waals surface area contributed by atoms with Crippen molar-refractivity contribution in [3.63, 3.8) is 0 Å². The maximum Gasteiger partial charge on any atom is 0.259 e. The fraction of sp³-hybridized carbons (Fsp3) is 0. The van der Waals surface area contributed by atoms with Crippen LogP contribution in [0.1, 0.15) is 0 Å². The number of rotatable bonds is 2.